The fourth-order valence-electron chi connectivity index (χ4n) is 3.09. The third-order valence-electron chi connectivity index (χ3n) is 4.30. The lowest BCUT2D eigenvalue weighted by molar-refractivity contribution is 0.275. The van der Waals surface area contributed by atoms with Gasteiger partial charge in [-0.3, -0.25) is 0 Å². The molecule has 3 atom stereocenters. The number of nitrogens with one attached hydrogen (secondary N) is 2. The van der Waals surface area contributed by atoms with Gasteiger partial charge in [-0.1, -0.05) is 20.8 Å². The molecule has 1 heterocycles. The molecule has 0 bridgehead atoms. The summed E-state index contributed by atoms with van der Waals surface area (Å²) in [5.41, 5.74) is 0. The van der Waals surface area contributed by atoms with Crippen molar-refractivity contribution >= 4 is 11.6 Å². The van der Waals surface area contributed by atoms with Crippen LogP contribution in [0.5, 0.6) is 5.75 Å². The van der Waals surface area contributed by atoms with Crippen molar-refractivity contribution in [3.8, 4) is 5.75 Å². The van der Waals surface area contributed by atoms with E-state index in [0.29, 0.717) is 12.0 Å². The van der Waals surface area contributed by atoms with Crippen molar-refractivity contribution < 1.29 is 4.74 Å². The fraction of sp³-hybridized carbons (Fsp3) is 0.750. The fourth-order valence-corrected chi connectivity index (χ4v) is 3.09. The average Bonchev–Trinajstić information content (AvgIpc) is 2.48. The lowest BCUT2D eigenvalue weighted by atomic mass is 9.80. The summed E-state index contributed by atoms with van der Waals surface area (Å²) in [5.74, 6) is 3.77. The first kappa shape index (κ1) is 15.9. The molecule has 2 N–H and O–H groups in total. The summed E-state index contributed by atoms with van der Waals surface area (Å²) >= 11 is 0. The molecule has 0 radical (unpaired) electrons. The van der Waals surface area contributed by atoms with Gasteiger partial charge >= 0.3 is 0 Å². The van der Waals surface area contributed by atoms with E-state index in [4.69, 9.17) is 4.74 Å². The maximum Gasteiger partial charge on any atom is 0.204 e. The molecule has 0 saturated heterocycles. The molecule has 1 aliphatic rings. The van der Waals surface area contributed by atoms with Gasteiger partial charge < -0.3 is 15.4 Å². The maximum absolute atomic E-state index is 5.52. The van der Waals surface area contributed by atoms with Gasteiger partial charge in [0.1, 0.15) is 6.33 Å². The second kappa shape index (κ2) is 7.48. The van der Waals surface area contributed by atoms with Gasteiger partial charge in [0.15, 0.2) is 11.6 Å². The van der Waals surface area contributed by atoms with Crippen LogP contribution in [0.15, 0.2) is 6.33 Å². The second-order valence-electron chi connectivity index (χ2n) is 6.18. The first-order valence-corrected chi connectivity index (χ1v) is 8.05. The van der Waals surface area contributed by atoms with Gasteiger partial charge in [0.2, 0.25) is 5.75 Å². The minimum Gasteiger partial charge on any atom is -0.490 e. The first-order chi connectivity index (χ1) is 10.2. The molecule has 2 rings (SSSR count). The predicted octanol–water partition coefficient (Wildman–Crippen LogP) is 3.54. The Morgan fingerprint density at radius 2 is 2.00 bits per heavy atom. The van der Waals surface area contributed by atoms with Crippen molar-refractivity contribution in [2.24, 2.45) is 11.8 Å². The Labute approximate surface area is 127 Å². The number of aromatic nitrogens is 2. The third kappa shape index (κ3) is 3.99. The van der Waals surface area contributed by atoms with E-state index in [9.17, 15) is 0 Å². The van der Waals surface area contributed by atoms with E-state index in [1.54, 1.807) is 13.4 Å². The molecule has 5 heteroatoms. The standard InChI is InChI=1S/C16H28N4O/c1-5-8-17-15-14(21-4)16(19-10-18-15)20-13-7-6-11(2)9-12(13)3/h10-13H,5-9H2,1-4H3,(H2,17,18,19,20). The number of methoxy groups -OCH3 is 1. The quantitative estimate of drug-likeness (QED) is 0.839. The van der Waals surface area contributed by atoms with Crippen LogP contribution in [0.3, 0.4) is 0 Å². The molecular formula is C16H28N4O. The maximum atomic E-state index is 5.52. The van der Waals surface area contributed by atoms with Gasteiger partial charge in [-0.2, -0.15) is 0 Å². The number of hydrogen-bond donors (Lipinski definition) is 2. The largest absolute Gasteiger partial charge is 0.490 e. The van der Waals surface area contributed by atoms with E-state index in [0.717, 1.165) is 36.3 Å². The van der Waals surface area contributed by atoms with Gasteiger partial charge in [-0.15, -0.1) is 0 Å². The molecule has 21 heavy (non-hydrogen) atoms. The Morgan fingerprint density at radius 3 is 2.67 bits per heavy atom. The Morgan fingerprint density at radius 1 is 1.24 bits per heavy atom. The highest BCUT2D eigenvalue weighted by Crippen LogP contribution is 2.34. The monoisotopic (exact) mass is 292 g/mol. The van der Waals surface area contributed by atoms with Crippen LogP contribution in [0.4, 0.5) is 11.6 Å². The third-order valence-corrected chi connectivity index (χ3v) is 4.30. The summed E-state index contributed by atoms with van der Waals surface area (Å²) in [5, 5.41) is 6.87. The van der Waals surface area contributed by atoms with E-state index in [2.05, 4.69) is 41.4 Å². The highest BCUT2D eigenvalue weighted by Gasteiger charge is 2.26. The van der Waals surface area contributed by atoms with E-state index in [1.165, 1.54) is 19.3 Å². The number of hydrogen-bond acceptors (Lipinski definition) is 5. The minimum atomic E-state index is 0.462. The summed E-state index contributed by atoms with van der Waals surface area (Å²) in [4.78, 5) is 8.66. The SMILES string of the molecule is CCCNc1ncnc(NC2CCC(C)CC2C)c1OC. The summed E-state index contributed by atoms with van der Waals surface area (Å²) in [6, 6.07) is 0.462. The van der Waals surface area contributed by atoms with Crippen LogP contribution in [0, 0.1) is 11.8 Å². The molecule has 1 aromatic heterocycles. The van der Waals surface area contributed by atoms with E-state index < -0.39 is 0 Å². The summed E-state index contributed by atoms with van der Waals surface area (Å²) in [7, 11) is 1.67. The van der Waals surface area contributed by atoms with Crippen LogP contribution in [-0.4, -0.2) is 29.7 Å². The van der Waals surface area contributed by atoms with Gasteiger partial charge in [-0.05, 0) is 37.5 Å². The first-order valence-electron chi connectivity index (χ1n) is 8.05. The normalized spacial score (nSPS) is 25.4. The van der Waals surface area contributed by atoms with Crippen LogP contribution in [0.1, 0.15) is 46.5 Å². The summed E-state index contributed by atoms with van der Waals surface area (Å²) in [6.07, 6.45) is 6.38. The number of ether oxygens (including phenoxy) is 1. The molecule has 1 aliphatic carbocycles. The summed E-state index contributed by atoms with van der Waals surface area (Å²) in [6.45, 7) is 7.66. The lowest BCUT2D eigenvalue weighted by Gasteiger charge is -2.33. The minimum absolute atomic E-state index is 0.462. The van der Waals surface area contributed by atoms with Crippen molar-refractivity contribution in [1.82, 2.24) is 9.97 Å². The Balaban J connectivity index is 2.11. The van der Waals surface area contributed by atoms with Crippen molar-refractivity contribution in [2.75, 3.05) is 24.3 Å². The zero-order valence-electron chi connectivity index (χ0n) is 13.6. The van der Waals surface area contributed by atoms with Gasteiger partial charge in [0.05, 0.1) is 7.11 Å². The topological polar surface area (TPSA) is 59.1 Å². The van der Waals surface area contributed by atoms with Crippen molar-refractivity contribution in [1.29, 1.82) is 0 Å². The van der Waals surface area contributed by atoms with Crippen LogP contribution < -0.4 is 15.4 Å². The molecule has 0 amide bonds. The molecule has 1 aromatic rings. The Hall–Kier alpha value is -1.52. The average molecular weight is 292 g/mol. The van der Waals surface area contributed by atoms with E-state index in [1.807, 2.05) is 0 Å². The van der Waals surface area contributed by atoms with Crippen LogP contribution in [0.25, 0.3) is 0 Å². The van der Waals surface area contributed by atoms with Gasteiger partial charge in [0, 0.05) is 12.6 Å². The molecule has 0 aliphatic heterocycles. The van der Waals surface area contributed by atoms with Crippen molar-refractivity contribution in [3.63, 3.8) is 0 Å². The molecule has 5 nitrogen and oxygen atoms in total. The van der Waals surface area contributed by atoms with Crippen LogP contribution >= 0.6 is 0 Å². The highest BCUT2D eigenvalue weighted by atomic mass is 16.5. The van der Waals surface area contributed by atoms with E-state index >= 15 is 0 Å². The highest BCUT2D eigenvalue weighted by molar-refractivity contribution is 5.63. The molecule has 1 fully saturated rings. The number of nitrogens with zero attached hydrogens (tertiary/aromatic N) is 2. The van der Waals surface area contributed by atoms with Crippen LogP contribution in [-0.2, 0) is 0 Å². The predicted molar refractivity (Wildman–Crippen MR) is 87.0 cm³/mol. The molecule has 118 valence electrons. The smallest absolute Gasteiger partial charge is 0.204 e. The molecule has 0 aromatic carbocycles. The molecule has 3 unspecified atom stereocenters. The molecule has 0 spiro atoms. The van der Waals surface area contributed by atoms with Crippen LogP contribution in [0.2, 0.25) is 0 Å². The zero-order valence-corrected chi connectivity index (χ0v) is 13.6. The lowest BCUT2D eigenvalue weighted by Crippen LogP contribution is -2.33. The molecular weight excluding hydrogens is 264 g/mol. The Bertz CT molecular complexity index is 452. The number of rotatable bonds is 6. The van der Waals surface area contributed by atoms with E-state index in [-0.39, 0.29) is 0 Å². The van der Waals surface area contributed by atoms with Crippen molar-refractivity contribution in [3.05, 3.63) is 6.33 Å². The van der Waals surface area contributed by atoms with Gasteiger partial charge in [-0.25, -0.2) is 9.97 Å². The van der Waals surface area contributed by atoms with Crippen molar-refractivity contribution in [2.45, 2.75) is 52.5 Å². The van der Waals surface area contributed by atoms with Gasteiger partial charge in [0.25, 0.3) is 0 Å². The number of anilines is 2. The summed E-state index contributed by atoms with van der Waals surface area (Å²) < 4.78 is 5.52. The Kier molecular flexibility index (Phi) is 5.65. The zero-order chi connectivity index (χ0) is 15.2. The second-order valence-corrected chi connectivity index (χ2v) is 6.18. The molecule has 1 saturated carbocycles.